The van der Waals surface area contributed by atoms with Gasteiger partial charge in [-0.05, 0) is 43.1 Å². The summed E-state index contributed by atoms with van der Waals surface area (Å²) in [5, 5.41) is 3.82. The van der Waals surface area contributed by atoms with E-state index in [2.05, 4.69) is 39.9 Å². The lowest BCUT2D eigenvalue weighted by Gasteiger charge is -2.43. The summed E-state index contributed by atoms with van der Waals surface area (Å²) < 4.78 is 0. The molecule has 0 bridgehead atoms. The van der Waals surface area contributed by atoms with E-state index in [4.69, 9.17) is 0 Å². The summed E-state index contributed by atoms with van der Waals surface area (Å²) in [6.07, 6.45) is 8.52. The second kappa shape index (κ2) is 6.78. The lowest BCUT2D eigenvalue weighted by atomic mass is 9.68. The molecule has 0 aliphatic heterocycles. The molecule has 1 fully saturated rings. The fourth-order valence-electron chi connectivity index (χ4n) is 4.01. The van der Waals surface area contributed by atoms with Crippen LogP contribution >= 0.6 is 0 Å². The van der Waals surface area contributed by atoms with E-state index in [1.54, 1.807) is 0 Å². The first kappa shape index (κ1) is 15.0. The first-order chi connectivity index (χ1) is 8.05. The van der Waals surface area contributed by atoms with Crippen molar-refractivity contribution in [1.29, 1.82) is 0 Å². The van der Waals surface area contributed by atoms with Crippen LogP contribution in [0.5, 0.6) is 0 Å². The monoisotopic (exact) mass is 239 g/mol. The summed E-state index contributed by atoms with van der Waals surface area (Å²) in [6, 6.07) is 0.738. The average Bonchev–Trinajstić information content (AvgIpc) is 2.73. The third kappa shape index (κ3) is 3.71. The number of nitrogens with one attached hydrogen (secondary N) is 1. The molecule has 1 heteroatoms. The van der Waals surface area contributed by atoms with Crippen LogP contribution in [0.2, 0.25) is 0 Å². The smallest absolute Gasteiger partial charge is 0.0149 e. The van der Waals surface area contributed by atoms with Crippen molar-refractivity contribution >= 4 is 0 Å². The highest BCUT2D eigenvalue weighted by Crippen LogP contribution is 2.48. The zero-order chi connectivity index (χ0) is 12.9. The summed E-state index contributed by atoms with van der Waals surface area (Å²) in [5.74, 6) is 1.64. The van der Waals surface area contributed by atoms with Gasteiger partial charge in [-0.15, -0.1) is 0 Å². The van der Waals surface area contributed by atoms with Gasteiger partial charge >= 0.3 is 0 Å². The minimum Gasteiger partial charge on any atom is -0.313 e. The minimum absolute atomic E-state index is 0.597. The second-order valence-electron chi connectivity index (χ2n) is 6.59. The van der Waals surface area contributed by atoms with Crippen LogP contribution in [0.15, 0.2) is 0 Å². The Morgan fingerprint density at radius 3 is 2.06 bits per heavy atom. The van der Waals surface area contributed by atoms with Gasteiger partial charge in [0.15, 0.2) is 0 Å². The van der Waals surface area contributed by atoms with Crippen molar-refractivity contribution < 1.29 is 0 Å². The van der Waals surface area contributed by atoms with Gasteiger partial charge in [-0.1, -0.05) is 53.9 Å². The third-order valence-corrected chi connectivity index (χ3v) is 4.71. The SMILES string of the molecule is CCNC(C(C)CC)C1(CC(C)C)CCCC1. The molecule has 102 valence electrons. The number of rotatable bonds is 7. The van der Waals surface area contributed by atoms with Gasteiger partial charge in [0.2, 0.25) is 0 Å². The molecule has 1 saturated carbocycles. The molecule has 0 saturated heterocycles. The van der Waals surface area contributed by atoms with Crippen LogP contribution in [0, 0.1) is 17.3 Å². The van der Waals surface area contributed by atoms with Crippen LogP contribution in [0.3, 0.4) is 0 Å². The Morgan fingerprint density at radius 1 is 1.06 bits per heavy atom. The molecule has 2 unspecified atom stereocenters. The van der Waals surface area contributed by atoms with E-state index >= 15 is 0 Å². The first-order valence-electron chi connectivity index (χ1n) is 7.79. The van der Waals surface area contributed by atoms with Gasteiger partial charge in [-0.25, -0.2) is 0 Å². The van der Waals surface area contributed by atoms with Crippen molar-refractivity contribution in [3.8, 4) is 0 Å². The Kier molecular flexibility index (Phi) is 5.99. The molecule has 0 radical (unpaired) electrons. The van der Waals surface area contributed by atoms with Gasteiger partial charge in [-0.3, -0.25) is 0 Å². The molecule has 17 heavy (non-hydrogen) atoms. The minimum atomic E-state index is 0.597. The predicted molar refractivity (Wildman–Crippen MR) is 77.3 cm³/mol. The van der Waals surface area contributed by atoms with E-state index in [1.807, 2.05) is 0 Å². The van der Waals surface area contributed by atoms with E-state index < -0.39 is 0 Å². The van der Waals surface area contributed by atoms with E-state index in [0.717, 1.165) is 24.4 Å². The molecule has 0 heterocycles. The molecular formula is C16H33N. The Labute approximate surface area is 109 Å². The van der Waals surface area contributed by atoms with Crippen LogP contribution < -0.4 is 5.32 Å². The molecule has 1 N–H and O–H groups in total. The molecule has 1 rings (SSSR count). The predicted octanol–water partition coefficient (Wildman–Crippen LogP) is 4.62. The molecule has 0 spiro atoms. The number of hydrogen-bond donors (Lipinski definition) is 1. The van der Waals surface area contributed by atoms with E-state index in [1.165, 1.54) is 38.5 Å². The summed E-state index contributed by atoms with van der Waals surface area (Å²) in [5.41, 5.74) is 0.597. The van der Waals surface area contributed by atoms with Gasteiger partial charge in [0.25, 0.3) is 0 Å². The maximum Gasteiger partial charge on any atom is 0.0149 e. The zero-order valence-corrected chi connectivity index (χ0v) is 12.7. The van der Waals surface area contributed by atoms with Crippen LogP contribution in [-0.4, -0.2) is 12.6 Å². The summed E-state index contributed by atoms with van der Waals surface area (Å²) in [4.78, 5) is 0. The number of hydrogen-bond acceptors (Lipinski definition) is 1. The van der Waals surface area contributed by atoms with Crippen molar-refractivity contribution in [2.24, 2.45) is 17.3 Å². The van der Waals surface area contributed by atoms with Crippen molar-refractivity contribution in [1.82, 2.24) is 5.32 Å². The highest BCUT2D eigenvalue weighted by molar-refractivity contribution is 4.97. The van der Waals surface area contributed by atoms with Crippen LogP contribution in [-0.2, 0) is 0 Å². The normalized spacial score (nSPS) is 22.9. The maximum absolute atomic E-state index is 3.82. The van der Waals surface area contributed by atoms with E-state index in [-0.39, 0.29) is 0 Å². The standard InChI is InChI=1S/C16H33N/c1-6-14(5)15(17-7-2)16(12-13(3)4)10-8-9-11-16/h13-15,17H,6-12H2,1-5H3. The Bertz CT molecular complexity index is 204. The van der Waals surface area contributed by atoms with E-state index in [0.29, 0.717) is 5.41 Å². The van der Waals surface area contributed by atoms with E-state index in [9.17, 15) is 0 Å². The molecule has 1 aliphatic carbocycles. The van der Waals surface area contributed by atoms with Crippen LogP contribution in [0.25, 0.3) is 0 Å². The second-order valence-corrected chi connectivity index (χ2v) is 6.59. The van der Waals surface area contributed by atoms with Crippen molar-refractivity contribution in [2.45, 2.75) is 79.2 Å². The largest absolute Gasteiger partial charge is 0.313 e. The van der Waals surface area contributed by atoms with Gasteiger partial charge in [0, 0.05) is 6.04 Å². The molecule has 0 amide bonds. The fourth-order valence-corrected chi connectivity index (χ4v) is 4.01. The van der Waals surface area contributed by atoms with Gasteiger partial charge < -0.3 is 5.32 Å². The molecule has 2 atom stereocenters. The Balaban J connectivity index is 2.83. The fraction of sp³-hybridized carbons (Fsp3) is 1.00. The summed E-state index contributed by atoms with van der Waals surface area (Å²) in [6.45, 7) is 12.9. The van der Waals surface area contributed by atoms with Gasteiger partial charge in [0.05, 0.1) is 0 Å². The van der Waals surface area contributed by atoms with Gasteiger partial charge in [-0.2, -0.15) is 0 Å². The van der Waals surface area contributed by atoms with Crippen molar-refractivity contribution in [2.75, 3.05) is 6.54 Å². The lowest BCUT2D eigenvalue weighted by molar-refractivity contribution is 0.115. The van der Waals surface area contributed by atoms with Gasteiger partial charge in [0.1, 0.15) is 0 Å². The zero-order valence-electron chi connectivity index (χ0n) is 12.7. The highest BCUT2D eigenvalue weighted by atomic mass is 14.9. The Hall–Kier alpha value is -0.0400. The maximum atomic E-state index is 3.82. The Morgan fingerprint density at radius 2 is 1.65 bits per heavy atom. The van der Waals surface area contributed by atoms with Crippen molar-refractivity contribution in [3.05, 3.63) is 0 Å². The highest BCUT2D eigenvalue weighted by Gasteiger charge is 2.42. The molecule has 1 aliphatic rings. The quantitative estimate of drug-likeness (QED) is 0.683. The molecule has 1 nitrogen and oxygen atoms in total. The average molecular weight is 239 g/mol. The molecule has 0 aromatic rings. The van der Waals surface area contributed by atoms with Crippen LogP contribution in [0.1, 0.15) is 73.1 Å². The first-order valence-corrected chi connectivity index (χ1v) is 7.79. The lowest BCUT2D eigenvalue weighted by Crippen LogP contribution is -2.48. The van der Waals surface area contributed by atoms with Crippen LogP contribution in [0.4, 0.5) is 0 Å². The molecular weight excluding hydrogens is 206 g/mol. The summed E-state index contributed by atoms with van der Waals surface area (Å²) in [7, 11) is 0. The summed E-state index contributed by atoms with van der Waals surface area (Å²) >= 11 is 0. The van der Waals surface area contributed by atoms with Crippen molar-refractivity contribution in [3.63, 3.8) is 0 Å². The topological polar surface area (TPSA) is 12.0 Å². The third-order valence-electron chi connectivity index (χ3n) is 4.71. The molecule has 0 aromatic heterocycles. The molecule has 0 aromatic carbocycles.